The number of benzene rings is 1. The second-order valence-corrected chi connectivity index (χ2v) is 8.05. The van der Waals surface area contributed by atoms with Crippen LogP contribution in [0.25, 0.3) is 0 Å². The maximum absolute atomic E-state index is 12.4. The van der Waals surface area contributed by atoms with E-state index < -0.39 is 5.54 Å². The first-order chi connectivity index (χ1) is 11.6. The van der Waals surface area contributed by atoms with Crippen LogP contribution in [0, 0.1) is 5.92 Å². The van der Waals surface area contributed by atoms with Gasteiger partial charge in [0.05, 0.1) is 5.54 Å². The minimum absolute atomic E-state index is 0.0757. The fourth-order valence-electron chi connectivity index (χ4n) is 4.80. The molecule has 0 spiro atoms. The molecule has 4 nitrogen and oxygen atoms in total. The van der Waals surface area contributed by atoms with Crippen LogP contribution >= 0.6 is 0 Å². The molecule has 4 heteroatoms. The molecule has 2 fully saturated rings. The van der Waals surface area contributed by atoms with Crippen LogP contribution in [-0.2, 0) is 17.6 Å². The Morgan fingerprint density at radius 2 is 1.88 bits per heavy atom. The zero-order chi connectivity index (χ0) is 16.6. The van der Waals surface area contributed by atoms with Crippen LogP contribution in [0.5, 0.6) is 0 Å². The number of nitrogens with one attached hydrogen (secondary N) is 1. The van der Waals surface area contributed by atoms with Crippen LogP contribution in [0.3, 0.4) is 0 Å². The first-order valence-electron chi connectivity index (χ1n) is 9.52. The summed E-state index contributed by atoms with van der Waals surface area (Å²) >= 11 is 0. The summed E-state index contributed by atoms with van der Waals surface area (Å²) in [6.07, 6.45) is 7.41. The van der Waals surface area contributed by atoms with Crippen molar-refractivity contribution in [3.8, 4) is 0 Å². The maximum Gasteiger partial charge on any atom is 0.240 e. The van der Waals surface area contributed by atoms with Gasteiger partial charge in [-0.2, -0.15) is 0 Å². The number of rotatable bonds is 4. The number of likely N-dealkylation sites (tertiary alicyclic amines) is 1. The summed E-state index contributed by atoms with van der Waals surface area (Å²) in [4.78, 5) is 15.0. The zero-order valence-corrected chi connectivity index (χ0v) is 14.5. The highest BCUT2D eigenvalue weighted by Crippen LogP contribution is 2.30. The molecule has 1 saturated heterocycles. The molecule has 1 atom stereocenters. The lowest BCUT2D eigenvalue weighted by molar-refractivity contribution is -0.126. The number of hydrogen-bond donors (Lipinski definition) is 2. The van der Waals surface area contributed by atoms with E-state index in [0.29, 0.717) is 12.0 Å². The van der Waals surface area contributed by atoms with Gasteiger partial charge in [-0.05, 0) is 55.7 Å². The standard InChI is InChI=1S/C20H29N3O/c21-20(8-3-4-9-20)19(24)22-13-15-7-10-23(14-15)18-11-16-5-1-2-6-17(16)12-18/h1-2,5-6,15,18H,3-4,7-14,21H2,(H,22,24)/t15-/m1/s1. The summed E-state index contributed by atoms with van der Waals surface area (Å²) in [6, 6.07) is 9.49. The van der Waals surface area contributed by atoms with Gasteiger partial charge in [0.2, 0.25) is 5.91 Å². The number of nitrogens with two attached hydrogens (primary N) is 1. The Balaban J connectivity index is 1.26. The molecule has 1 aromatic carbocycles. The Hall–Kier alpha value is -1.39. The third-order valence-corrected chi connectivity index (χ3v) is 6.36. The first kappa shape index (κ1) is 16.1. The fourth-order valence-corrected chi connectivity index (χ4v) is 4.80. The van der Waals surface area contributed by atoms with Gasteiger partial charge in [-0.1, -0.05) is 37.1 Å². The Kier molecular flexibility index (Phi) is 4.35. The van der Waals surface area contributed by atoms with Crippen LogP contribution in [0.2, 0.25) is 0 Å². The average molecular weight is 327 g/mol. The predicted molar refractivity (Wildman–Crippen MR) is 95.7 cm³/mol. The molecule has 3 N–H and O–H groups in total. The highest BCUT2D eigenvalue weighted by molar-refractivity contribution is 5.86. The van der Waals surface area contributed by atoms with Crippen molar-refractivity contribution in [1.82, 2.24) is 10.2 Å². The summed E-state index contributed by atoms with van der Waals surface area (Å²) in [5, 5.41) is 3.14. The lowest BCUT2D eigenvalue weighted by Gasteiger charge is -2.25. The Morgan fingerprint density at radius 1 is 1.21 bits per heavy atom. The normalized spacial score (nSPS) is 26.6. The third-order valence-electron chi connectivity index (χ3n) is 6.36. The van der Waals surface area contributed by atoms with Gasteiger partial charge in [0.1, 0.15) is 0 Å². The molecule has 0 bridgehead atoms. The summed E-state index contributed by atoms with van der Waals surface area (Å²) in [5.74, 6) is 0.648. The van der Waals surface area contributed by atoms with Crippen molar-refractivity contribution in [3.63, 3.8) is 0 Å². The maximum atomic E-state index is 12.4. The molecule has 1 aromatic rings. The van der Waals surface area contributed by atoms with Crippen LogP contribution in [-0.4, -0.2) is 42.0 Å². The van der Waals surface area contributed by atoms with Crippen LogP contribution < -0.4 is 11.1 Å². The molecule has 1 saturated carbocycles. The van der Waals surface area contributed by atoms with E-state index >= 15 is 0 Å². The molecule has 1 heterocycles. The lowest BCUT2D eigenvalue weighted by Crippen LogP contribution is -2.52. The van der Waals surface area contributed by atoms with Gasteiger partial charge in [0, 0.05) is 19.1 Å². The summed E-state index contributed by atoms with van der Waals surface area (Å²) in [7, 11) is 0. The summed E-state index contributed by atoms with van der Waals surface area (Å²) < 4.78 is 0. The molecule has 0 aromatic heterocycles. The Labute approximate surface area is 144 Å². The van der Waals surface area contributed by atoms with Crippen LogP contribution in [0.15, 0.2) is 24.3 Å². The van der Waals surface area contributed by atoms with Gasteiger partial charge < -0.3 is 11.1 Å². The molecule has 2 aliphatic carbocycles. The molecule has 0 unspecified atom stereocenters. The monoisotopic (exact) mass is 327 g/mol. The zero-order valence-electron chi connectivity index (χ0n) is 14.5. The van der Waals surface area contributed by atoms with Crippen LogP contribution in [0.1, 0.15) is 43.2 Å². The first-order valence-corrected chi connectivity index (χ1v) is 9.52. The SMILES string of the molecule is NC1(C(=O)NC[C@H]2CCN(C3Cc4ccccc4C3)C2)CCCC1. The Bertz CT molecular complexity index is 584. The number of carbonyl (C=O) groups is 1. The molecule has 4 rings (SSSR count). The molecular formula is C20H29N3O. The van der Waals surface area contributed by atoms with Crippen molar-refractivity contribution < 1.29 is 4.79 Å². The van der Waals surface area contributed by atoms with E-state index in [-0.39, 0.29) is 5.91 Å². The van der Waals surface area contributed by atoms with Crippen molar-refractivity contribution in [3.05, 3.63) is 35.4 Å². The van der Waals surface area contributed by atoms with Gasteiger partial charge in [0.15, 0.2) is 0 Å². The van der Waals surface area contributed by atoms with Crippen molar-refractivity contribution in [2.45, 2.75) is 56.5 Å². The van der Waals surface area contributed by atoms with E-state index in [0.717, 1.165) is 45.3 Å². The molecule has 130 valence electrons. The number of hydrogen-bond acceptors (Lipinski definition) is 3. The van der Waals surface area contributed by atoms with Gasteiger partial charge in [-0.25, -0.2) is 0 Å². The lowest BCUT2D eigenvalue weighted by atomic mass is 9.97. The number of carbonyl (C=O) groups excluding carboxylic acids is 1. The largest absolute Gasteiger partial charge is 0.354 e. The minimum atomic E-state index is -0.592. The van der Waals surface area contributed by atoms with Gasteiger partial charge in [-0.15, -0.1) is 0 Å². The second kappa shape index (κ2) is 6.49. The van der Waals surface area contributed by atoms with Gasteiger partial charge in [0.25, 0.3) is 0 Å². The van der Waals surface area contributed by atoms with Crippen molar-refractivity contribution in [1.29, 1.82) is 0 Å². The molecule has 3 aliphatic rings. The van der Waals surface area contributed by atoms with E-state index in [2.05, 4.69) is 34.5 Å². The van der Waals surface area contributed by atoms with E-state index in [1.54, 1.807) is 0 Å². The molecular weight excluding hydrogens is 298 g/mol. The second-order valence-electron chi connectivity index (χ2n) is 8.05. The average Bonchev–Trinajstić information content (AvgIpc) is 3.31. The van der Waals surface area contributed by atoms with E-state index in [1.165, 1.54) is 30.4 Å². The fraction of sp³-hybridized carbons (Fsp3) is 0.650. The topological polar surface area (TPSA) is 58.4 Å². The summed E-state index contributed by atoms with van der Waals surface area (Å²) in [5.41, 5.74) is 8.69. The van der Waals surface area contributed by atoms with Crippen molar-refractivity contribution in [2.24, 2.45) is 11.7 Å². The van der Waals surface area contributed by atoms with Crippen molar-refractivity contribution >= 4 is 5.91 Å². The van der Waals surface area contributed by atoms with E-state index in [9.17, 15) is 4.79 Å². The highest BCUT2D eigenvalue weighted by Gasteiger charge is 2.38. The smallest absolute Gasteiger partial charge is 0.240 e. The third kappa shape index (κ3) is 3.09. The van der Waals surface area contributed by atoms with Crippen molar-refractivity contribution in [2.75, 3.05) is 19.6 Å². The predicted octanol–water partition coefficient (Wildman–Crippen LogP) is 1.86. The van der Waals surface area contributed by atoms with E-state index in [1.807, 2.05) is 0 Å². The molecule has 24 heavy (non-hydrogen) atoms. The van der Waals surface area contributed by atoms with Crippen LogP contribution in [0.4, 0.5) is 0 Å². The van der Waals surface area contributed by atoms with E-state index in [4.69, 9.17) is 5.73 Å². The number of amides is 1. The highest BCUT2D eigenvalue weighted by atomic mass is 16.2. The quantitative estimate of drug-likeness (QED) is 0.887. The summed E-state index contributed by atoms with van der Waals surface area (Å²) in [6.45, 7) is 3.05. The molecule has 0 radical (unpaired) electrons. The Morgan fingerprint density at radius 3 is 2.54 bits per heavy atom. The number of fused-ring (bicyclic) bond motifs is 1. The van der Waals surface area contributed by atoms with Gasteiger partial charge in [-0.3, -0.25) is 9.69 Å². The molecule has 1 amide bonds. The van der Waals surface area contributed by atoms with Gasteiger partial charge >= 0.3 is 0 Å². The number of nitrogens with zero attached hydrogens (tertiary/aromatic N) is 1. The molecule has 1 aliphatic heterocycles. The minimum Gasteiger partial charge on any atom is -0.354 e.